The zero-order valence-corrected chi connectivity index (χ0v) is 20.4. The second kappa shape index (κ2) is 10.6. The van der Waals surface area contributed by atoms with Crippen molar-refractivity contribution in [2.75, 3.05) is 0 Å². The number of halogens is 1. The van der Waals surface area contributed by atoms with Crippen LogP contribution in [0.25, 0.3) is 11.1 Å². The monoisotopic (exact) mass is 454 g/mol. The maximum Gasteiger partial charge on any atom is 0.305 e. The Morgan fingerprint density at radius 2 is 1.73 bits per heavy atom. The van der Waals surface area contributed by atoms with Gasteiger partial charge in [-0.3, -0.25) is 9.59 Å². The van der Waals surface area contributed by atoms with Crippen LogP contribution in [0.2, 0.25) is 0 Å². The summed E-state index contributed by atoms with van der Waals surface area (Å²) in [7, 11) is 0. The molecule has 0 saturated heterocycles. The topological polar surface area (TPSA) is 78.4 Å². The number of carbonyl (C=O) groups is 2. The van der Waals surface area contributed by atoms with Crippen molar-refractivity contribution in [2.45, 2.75) is 66.5 Å². The second-order valence-corrected chi connectivity index (χ2v) is 9.81. The Bertz CT molecular complexity index is 1020. The molecule has 0 heterocycles. The Labute approximate surface area is 196 Å². The number of hydrogen-bond acceptors (Lipinski definition) is 3. The van der Waals surface area contributed by atoms with Crippen LogP contribution in [0.1, 0.15) is 61.9 Å². The van der Waals surface area contributed by atoms with Crippen LogP contribution in [0.15, 0.2) is 43.1 Å². The number of nitrogens with one attached hydrogen (secondary N) is 2. The van der Waals surface area contributed by atoms with Crippen LogP contribution in [0.5, 0.6) is 0 Å². The van der Waals surface area contributed by atoms with Gasteiger partial charge < -0.3 is 15.7 Å². The van der Waals surface area contributed by atoms with Crippen molar-refractivity contribution in [1.82, 2.24) is 10.6 Å². The Hall–Kier alpha value is -3.15. The van der Waals surface area contributed by atoms with E-state index < -0.39 is 36.2 Å². The molecule has 1 unspecified atom stereocenters. The standard InChI is InChI=1S/C27H35FN2O3/c1-8-29-22(15-27(5,6)7)26(33)30-21(14-23(31)32)20-13-19(12-18(4)25(20)28)24-16(2)10-9-11-17(24)3/h8-13,21-22,29H,1,14-15H2,2-7H3,(H,30,33)(H,31,32)/t21-,22?/m0/s1. The summed E-state index contributed by atoms with van der Waals surface area (Å²) in [5.74, 6) is -2.04. The minimum atomic E-state index is -1.13. The van der Waals surface area contributed by atoms with E-state index in [1.165, 1.54) is 6.20 Å². The molecule has 6 heteroatoms. The zero-order chi connectivity index (χ0) is 24.9. The van der Waals surface area contributed by atoms with E-state index in [2.05, 4.69) is 17.2 Å². The number of aliphatic carboxylic acids is 1. The quantitative estimate of drug-likeness (QED) is 0.462. The van der Waals surface area contributed by atoms with E-state index in [1.54, 1.807) is 19.1 Å². The normalized spacial score (nSPS) is 13.2. The molecule has 0 aromatic heterocycles. The summed E-state index contributed by atoms with van der Waals surface area (Å²) in [4.78, 5) is 24.7. The number of aryl methyl sites for hydroxylation is 3. The Kier molecular flexibility index (Phi) is 8.42. The second-order valence-electron chi connectivity index (χ2n) is 9.81. The van der Waals surface area contributed by atoms with Gasteiger partial charge >= 0.3 is 5.97 Å². The fraction of sp³-hybridized carbons (Fsp3) is 0.407. The molecule has 0 spiro atoms. The molecule has 2 aromatic rings. The molecule has 33 heavy (non-hydrogen) atoms. The molecule has 0 bridgehead atoms. The summed E-state index contributed by atoms with van der Waals surface area (Å²) in [6.45, 7) is 15.3. The molecule has 1 amide bonds. The highest BCUT2D eigenvalue weighted by atomic mass is 19.1. The Morgan fingerprint density at radius 3 is 2.24 bits per heavy atom. The number of benzene rings is 2. The number of carbonyl (C=O) groups excluding carboxylic acids is 1. The molecule has 5 nitrogen and oxygen atoms in total. The van der Waals surface area contributed by atoms with E-state index in [9.17, 15) is 14.7 Å². The van der Waals surface area contributed by atoms with Crippen LogP contribution in [-0.2, 0) is 9.59 Å². The maximum absolute atomic E-state index is 15.3. The molecular weight excluding hydrogens is 419 g/mol. The fourth-order valence-electron chi connectivity index (χ4n) is 4.13. The molecular formula is C27H35FN2O3. The summed E-state index contributed by atoms with van der Waals surface area (Å²) < 4.78 is 15.3. The first kappa shape index (κ1) is 26.1. The van der Waals surface area contributed by atoms with Gasteiger partial charge in [-0.2, -0.15) is 0 Å². The first-order chi connectivity index (χ1) is 15.3. The smallest absolute Gasteiger partial charge is 0.305 e. The fourth-order valence-corrected chi connectivity index (χ4v) is 4.13. The predicted molar refractivity (Wildman–Crippen MR) is 130 cm³/mol. The molecule has 178 valence electrons. The Balaban J connectivity index is 2.53. The highest BCUT2D eigenvalue weighted by molar-refractivity contribution is 5.83. The third-order valence-electron chi connectivity index (χ3n) is 5.58. The van der Waals surface area contributed by atoms with E-state index in [4.69, 9.17) is 0 Å². The van der Waals surface area contributed by atoms with Crippen molar-refractivity contribution in [1.29, 1.82) is 0 Å². The van der Waals surface area contributed by atoms with Gasteiger partial charge in [-0.1, -0.05) is 45.5 Å². The molecule has 0 saturated carbocycles. The van der Waals surface area contributed by atoms with Crippen molar-refractivity contribution in [3.8, 4) is 11.1 Å². The summed E-state index contributed by atoms with van der Waals surface area (Å²) in [5.41, 5.74) is 4.23. The van der Waals surface area contributed by atoms with Gasteiger partial charge in [0.05, 0.1) is 12.5 Å². The van der Waals surface area contributed by atoms with Gasteiger partial charge in [0.2, 0.25) is 5.91 Å². The molecule has 0 aliphatic carbocycles. The van der Waals surface area contributed by atoms with E-state index in [0.29, 0.717) is 12.0 Å². The molecule has 0 aliphatic rings. The van der Waals surface area contributed by atoms with E-state index in [1.807, 2.05) is 52.8 Å². The van der Waals surface area contributed by atoms with Gasteiger partial charge in [0.25, 0.3) is 0 Å². The number of rotatable bonds is 9. The van der Waals surface area contributed by atoms with Gasteiger partial charge in [0.1, 0.15) is 11.9 Å². The first-order valence-corrected chi connectivity index (χ1v) is 11.1. The molecule has 2 aromatic carbocycles. The molecule has 2 rings (SSSR count). The largest absolute Gasteiger partial charge is 0.481 e. The van der Waals surface area contributed by atoms with Gasteiger partial charge in [-0.05, 0) is 78.8 Å². The van der Waals surface area contributed by atoms with E-state index >= 15 is 4.39 Å². The molecule has 0 fully saturated rings. The van der Waals surface area contributed by atoms with Crippen molar-refractivity contribution in [2.24, 2.45) is 5.41 Å². The van der Waals surface area contributed by atoms with Crippen molar-refractivity contribution < 1.29 is 19.1 Å². The van der Waals surface area contributed by atoms with Crippen LogP contribution in [0.3, 0.4) is 0 Å². The van der Waals surface area contributed by atoms with E-state index in [-0.39, 0.29) is 11.0 Å². The lowest BCUT2D eigenvalue weighted by molar-refractivity contribution is -0.137. The van der Waals surface area contributed by atoms with Crippen LogP contribution >= 0.6 is 0 Å². The van der Waals surface area contributed by atoms with Crippen LogP contribution in [0, 0.1) is 32.0 Å². The minimum Gasteiger partial charge on any atom is -0.481 e. The SMILES string of the molecule is C=CNC(CC(C)(C)C)C(=O)N[C@@H](CC(=O)O)c1cc(-c2c(C)cccc2C)cc(C)c1F. The summed E-state index contributed by atoms with van der Waals surface area (Å²) >= 11 is 0. The van der Waals surface area contributed by atoms with Crippen molar-refractivity contribution >= 4 is 11.9 Å². The number of carboxylic acids is 1. The van der Waals surface area contributed by atoms with Crippen molar-refractivity contribution in [3.63, 3.8) is 0 Å². The Morgan fingerprint density at radius 1 is 1.12 bits per heavy atom. The predicted octanol–water partition coefficient (Wildman–Crippen LogP) is 5.59. The van der Waals surface area contributed by atoms with Gasteiger partial charge in [0, 0.05) is 5.56 Å². The average Bonchev–Trinajstić information content (AvgIpc) is 2.68. The minimum absolute atomic E-state index is 0.162. The lowest BCUT2D eigenvalue weighted by Gasteiger charge is -2.28. The molecule has 0 aliphatic heterocycles. The summed E-state index contributed by atoms with van der Waals surface area (Å²) in [6.07, 6.45) is 1.50. The lowest BCUT2D eigenvalue weighted by atomic mass is 9.87. The van der Waals surface area contributed by atoms with Gasteiger partial charge in [-0.15, -0.1) is 0 Å². The van der Waals surface area contributed by atoms with E-state index in [0.717, 1.165) is 22.3 Å². The maximum atomic E-state index is 15.3. The van der Waals surface area contributed by atoms with Crippen LogP contribution in [0.4, 0.5) is 4.39 Å². The van der Waals surface area contributed by atoms with Crippen molar-refractivity contribution in [3.05, 3.63) is 71.2 Å². The highest BCUT2D eigenvalue weighted by Crippen LogP contribution is 2.33. The van der Waals surface area contributed by atoms with Gasteiger partial charge in [-0.25, -0.2) is 4.39 Å². The first-order valence-electron chi connectivity index (χ1n) is 11.1. The average molecular weight is 455 g/mol. The number of amides is 1. The molecule has 2 atom stereocenters. The van der Waals surface area contributed by atoms with Gasteiger partial charge in [0.15, 0.2) is 0 Å². The zero-order valence-electron chi connectivity index (χ0n) is 20.4. The third kappa shape index (κ3) is 6.91. The lowest BCUT2D eigenvalue weighted by Crippen LogP contribution is -2.45. The number of hydrogen-bond donors (Lipinski definition) is 3. The summed E-state index contributed by atoms with van der Waals surface area (Å²) in [6, 6.07) is 7.70. The summed E-state index contributed by atoms with van der Waals surface area (Å²) in [5, 5.41) is 15.2. The molecule has 3 N–H and O–H groups in total. The third-order valence-corrected chi connectivity index (χ3v) is 5.58. The van der Waals surface area contributed by atoms with Crippen LogP contribution < -0.4 is 10.6 Å². The molecule has 0 radical (unpaired) electrons. The van der Waals surface area contributed by atoms with Crippen LogP contribution in [-0.4, -0.2) is 23.0 Å². The highest BCUT2D eigenvalue weighted by Gasteiger charge is 2.29. The number of carboxylic acid groups (broad SMARTS) is 1.